The summed E-state index contributed by atoms with van der Waals surface area (Å²) >= 11 is 0. The van der Waals surface area contributed by atoms with Crippen LogP contribution in [-0.2, 0) is 13.1 Å². The Kier molecular flexibility index (Phi) is 12.7. The standard InChI is InChI=1S/C20H30N2.2ClHO4/c1-15-11-17(3)21(18(4)12-15)9-7-8-10-22-19(5)13-16(2)14-20(22)6;2*2-1(3,4)5/h11-14H,7-10H2,1-6H3;2*(H,2,3,4,5)/q+2;;/p-2. The molecule has 0 spiro atoms. The van der Waals surface area contributed by atoms with Gasteiger partial charge in [0.25, 0.3) is 0 Å². The summed E-state index contributed by atoms with van der Waals surface area (Å²) in [5.41, 5.74) is 8.18. The van der Waals surface area contributed by atoms with Gasteiger partial charge in [-0.05, 0) is 25.0 Å². The highest BCUT2D eigenvalue weighted by atomic mass is 35.7. The highest BCUT2D eigenvalue weighted by Gasteiger charge is 2.14. The van der Waals surface area contributed by atoms with E-state index in [0.29, 0.717) is 0 Å². The number of aromatic nitrogens is 2. The zero-order valence-corrected chi connectivity index (χ0v) is 20.6. The SMILES string of the molecule is Cc1cc(C)[n+](CCCC[n+]2c(C)cc(C)cc2C)c(C)c1.[O-][Cl+3]([O-])([O-])[O-].[O-][Cl+3]([O-])([O-])[O-]. The topological polar surface area (TPSA) is 192 Å². The van der Waals surface area contributed by atoms with Crippen LogP contribution in [0.25, 0.3) is 0 Å². The molecule has 2 aromatic rings. The first-order valence-electron chi connectivity index (χ1n) is 9.57. The van der Waals surface area contributed by atoms with Crippen LogP contribution in [0.15, 0.2) is 24.3 Å². The van der Waals surface area contributed by atoms with Crippen LogP contribution in [0, 0.1) is 62.0 Å². The second kappa shape index (κ2) is 13.3. The summed E-state index contributed by atoms with van der Waals surface area (Å²) < 4.78 is 72.8. The third kappa shape index (κ3) is 15.4. The Morgan fingerprint density at radius 1 is 0.500 bits per heavy atom. The molecule has 0 radical (unpaired) electrons. The van der Waals surface area contributed by atoms with Crippen LogP contribution in [0.1, 0.15) is 46.7 Å². The first kappa shape index (κ1) is 30.6. The normalized spacial score (nSPS) is 11.3. The summed E-state index contributed by atoms with van der Waals surface area (Å²) in [6.45, 7) is 15.4. The molecule has 182 valence electrons. The molecule has 0 bridgehead atoms. The molecular formula is C20H30Cl2N2O8. The second-order valence-electron chi connectivity index (χ2n) is 7.40. The van der Waals surface area contributed by atoms with Gasteiger partial charge in [-0.25, -0.2) is 46.4 Å². The number of rotatable bonds is 5. The van der Waals surface area contributed by atoms with Crippen LogP contribution in [0.3, 0.4) is 0 Å². The molecule has 0 aliphatic rings. The number of aryl methyl sites for hydroxylation is 6. The lowest BCUT2D eigenvalue weighted by Gasteiger charge is -2.17. The molecule has 0 amide bonds. The number of nitrogens with zero attached hydrogens (tertiary/aromatic N) is 2. The Labute approximate surface area is 192 Å². The molecule has 0 aliphatic carbocycles. The molecule has 32 heavy (non-hydrogen) atoms. The predicted octanol–water partition coefficient (Wildman–Crippen LogP) is -5.92. The Bertz CT molecular complexity index is 738. The molecule has 0 N–H and O–H groups in total. The van der Waals surface area contributed by atoms with Gasteiger partial charge in [0.1, 0.15) is 13.1 Å². The average molecular weight is 497 g/mol. The predicted molar refractivity (Wildman–Crippen MR) is 90.9 cm³/mol. The smallest absolute Gasteiger partial charge is 0.178 e. The first-order chi connectivity index (χ1) is 14.4. The zero-order chi connectivity index (χ0) is 25.3. The molecule has 0 aliphatic heterocycles. The number of pyridine rings is 2. The van der Waals surface area contributed by atoms with E-state index in [-0.39, 0.29) is 0 Å². The van der Waals surface area contributed by atoms with E-state index in [0.717, 1.165) is 13.1 Å². The summed E-state index contributed by atoms with van der Waals surface area (Å²) in [7, 11) is -9.89. The lowest BCUT2D eigenvalue weighted by atomic mass is 10.1. The van der Waals surface area contributed by atoms with Gasteiger partial charge in [0.2, 0.25) is 0 Å². The summed E-state index contributed by atoms with van der Waals surface area (Å²) in [4.78, 5) is 0. The number of hydrogen-bond donors (Lipinski definition) is 0. The van der Waals surface area contributed by atoms with Crippen molar-refractivity contribution in [3.05, 3.63) is 58.2 Å². The summed E-state index contributed by atoms with van der Waals surface area (Å²) in [5, 5.41) is 0. The Hall–Kier alpha value is -1.44. The zero-order valence-electron chi connectivity index (χ0n) is 19.1. The fraction of sp³-hybridized carbons (Fsp3) is 0.500. The molecule has 0 saturated carbocycles. The van der Waals surface area contributed by atoms with Gasteiger partial charge in [0.05, 0.1) is 0 Å². The lowest BCUT2D eigenvalue weighted by molar-refractivity contribution is -2.00. The summed E-state index contributed by atoms with van der Waals surface area (Å²) in [6, 6.07) is 9.10. The fourth-order valence-corrected chi connectivity index (χ4v) is 3.51. The first-order valence-corrected chi connectivity index (χ1v) is 12.0. The van der Waals surface area contributed by atoms with Gasteiger partial charge in [-0.2, -0.15) is 0 Å². The number of unbranched alkanes of at least 4 members (excludes halogenated alkanes) is 1. The van der Waals surface area contributed by atoms with Gasteiger partial charge in [-0.15, -0.1) is 20.5 Å². The van der Waals surface area contributed by atoms with Gasteiger partial charge in [0, 0.05) is 64.8 Å². The molecule has 12 heteroatoms. The van der Waals surface area contributed by atoms with Crippen LogP contribution in [-0.4, -0.2) is 0 Å². The van der Waals surface area contributed by atoms with Crippen molar-refractivity contribution in [3.63, 3.8) is 0 Å². The van der Waals surface area contributed by atoms with E-state index in [1.54, 1.807) is 0 Å². The lowest BCUT2D eigenvalue weighted by Crippen LogP contribution is -2.68. The molecule has 0 fully saturated rings. The van der Waals surface area contributed by atoms with E-state index in [4.69, 9.17) is 37.3 Å². The van der Waals surface area contributed by atoms with Crippen molar-refractivity contribution < 1.29 is 66.9 Å². The number of hydrogen-bond acceptors (Lipinski definition) is 8. The largest absolute Gasteiger partial charge is 0.222 e. The monoisotopic (exact) mass is 496 g/mol. The van der Waals surface area contributed by atoms with Crippen molar-refractivity contribution in [3.8, 4) is 0 Å². The molecule has 0 atom stereocenters. The van der Waals surface area contributed by atoms with Crippen molar-refractivity contribution in [2.24, 2.45) is 0 Å². The Morgan fingerprint density at radius 3 is 0.875 bits per heavy atom. The molecular weight excluding hydrogens is 467 g/mol. The Balaban J connectivity index is 0.000000805. The average Bonchev–Trinajstić information content (AvgIpc) is 2.51. The Morgan fingerprint density at radius 2 is 0.688 bits per heavy atom. The maximum Gasteiger partial charge on any atom is 0.178 e. The molecule has 2 aromatic heterocycles. The third-order valence-electron chi connectivity index (χ3n) is 4.46. The van der Waals surface area contributed by atoms with Crippen LogP contribution in [0.5, 0.6) is 0 Å². The minimum Gasteiger partial charge on any atom is -0.222 e. The fourth-order valence-electron chi connectivity index (χ4n) is 3.51. The minimum absolute atomic E-state index is 1.11. The highest BCUT2D eigenvalue weighted by Crippen LogP contribution is 2.05. The van der Waals surface area contributed by atoms with Crippen LogP contribution in [0.2, 0.25) is 0 Å². The maximum absolute atomic E-state index is 8.49. The van der Waals surface area contributed by atoms with E-state index in [9.17, 15) is 0 Å². The number of halogens is 2. The summed E-state index contributed by atoms with van der Waals surface area (Å²) in [6.07, 6.45) is 2.43. The van der Waals surface area contributed by atoms with E-state index in [2.05, 4.69) is 74.9 Å². The highest BCUT2D eigenvalue weighted by molar-refractivity contribution is 5.14. The van der Waals surface area contributed by atoms with E-state index in [1.807, 2.05) is 0 Å². The maximum atomic E-state index is 8.49. The van der Waals surface area contributed by atoms with E-state index < -0.39 is 20.5 Å². The van der Waals surface area contributed by atoms with E-state index in [1.165, 1.54) is 46.7 Å². The van der Waals surface area contributed by atoms with Gasteiger partial charge in [0.15, 0.2) is 22.8 Å². The van der Waals surface area contributed by atoms with Gasteiger partial charge < -0.3 is 0 Å². The van der Waals surface area contributed by atoms with Crippen LogP contribution in [0.4, 0.5) is 0 Å². The third-order valence-corrected chi connectivity index (χ3v) is 4.46. The van der Waals surface area contributed by atoms with Crippen molar-refractivity contribution in [2.75, 3.05) is 0 Å². The summed E-state index contributed by atoms with van der Waals surface area (Å²) in [5.74, 6) is 0. The van der Waals surface area contributed by atoms with Crippen molar-refractivity contribution in [1.82, 2.24) is 0 Å². The van der Waals surface area contributed by atoms with Gasteiger partial charge in [-0.1, -0.05) is 0 Å². The van der Waals surface area contributed by atoms with Gasteiger partial charge in [-0.3, -0.25) is 0 Å². The molecule has 0 aromatic carbocycles. The molecule has 2 rings (SSSR count). The second-order valence-corrected chi connectivity index (χ2v) is 8.91. The molecule has 2 heterocycles. The molecule has 0 saturated heterocycles. The molecule has 0 unspecified atom stereocenters. The van der Waals surface area contributed by atoms with Gasteiger partial charge >= 0.3 is 0 Å². The minimum atomic E-state index is -4.94. The molecule has 10 nitrogen and oxygen atoms in total. The quantitative estimate of drug-likeness (QED) is 0.288. The van der Waals surface area contributed by atoms with E-state index >= 15 is 0 Å². The van der Waals surface area contributed by atoms with Crippen molar-refractivity contribution in [1.29, 1.82) is 0 Å². The van der Waals surface area contributed by atoms with Crippen molar-refractivity contribution in [2.45, 2.75) is 67.5 Å². The van der Waals surface area contributed by atoms with Crippen molar-refractivity contribution >= 4 is 0 Å². The van der Waals surface area contributed by atoms with Crippen LogP contribution >= 0.6 is 0 Å². The van der Waals surface area contributed by atoms with Crippen LogP contribution < -0.4 is 46.4 Å².